The smallest absolute Gasteiger partial charge is 0.352 e. The number of benzene rings is 2. The summed E-state index contributed by atoms with van der Waals surface area (Å²) < 4.78 is 5.81. The summed E-state index contributed by atoms with van der Waals surface area (Å²) in [5, 5.41) is 17.7. The summed E-state index contributed by atoms with van der Waals surface area (Å²) in [5.41, 5.74) is 0.882. The van der Waals surface area contributed by atoms with E-state index in [1.165, 1.54) is 40.1 Å². The highest BCUT2D eigenvalue weighted by Crippen LogP contribution is 2.40. The van der Waals surface area contributed by atoms with Gasteiger partial charge >= 0.3 is 5.97 Å². The van der Waals surface area contributed by atoms with Gasteiger partial charge in [-0.15, -0.1) is 23.1 Å². The van der Waals surface area contributed by atoms with Gasteiger partial charge in [0.15, 0.2) is 0 Å². The van der Waals surface area contributed by atoms with Crippen LogP contribution in [0.5, 0.6) is 5.75 Å². The fourth-order valence-electron chi connectivity index (χ4n) is 4.47. The Balaban J connectivity index is 1.24. The summed E-state index contributed by atoms with van der Waals surface area (Å²) in [7, 11) is 0. The van der Waals surface area contributed by atoms with Crippen LogP contribution in [0.3, 0.4) is 0 Å². The number of β-lactam (4-membered cyclic amide) rings is 1. The van der Waals surface area contributed by atoms with Gasteiger partial charge in [0, 0.05) is 21.3 Å². The molecule has 2 aliphatic rings. The highest BCUT2D eigenvalue weighted by atomic mass is 35.5. The fourth-order valence-corrected chi connectivity index (χ4v) is 6.97. The molecule has 0 aliphatic carbocycles. The van der Waals surface area contributed by atoms with E-state index in [1.54, 1.807) is 36.4 Å². The number of thioether (sulfide) groups is 1. The van der Waals surface area contributed by atoms with E-state index in [1.807, 2.05) is 17.5 Å². The second-order valence-corrected chi connectivity index (χ2v) is 12.7. The molecule has 0 radical (unpaired) electrons. The zero-order chi connectivity index (χ0) is 30.7. The molecule has 222 valence electrons. The molecule has 3 heterocycles. The number of anilines is 1. The number of carboxylic acids is 1. The molecule has 3 aromatic rings. The van der Waals surface area contributed by atoms with Gasteiger partial charge in [-0.2, -0.15) is 0 Å². The van der Waals surface area contributed by atoms with Crippen LogP contribution in [-0.4, -0.2) is 57.5 Å². The Hall–Kier alpha value is -3.48. The first-order valence-corrected chi connectivity index (χ1v) is 15.8. The van der Waals surface area contributed by atoms with Crippen molar-refractivity contribution in [3.8, 4) is 5.75 Å². The lowest BCUT2D eigenvalue weighted by Crippen LogP contribution is -2.70. The quantitative estimate of drug-likeness (QED) is 0.229. The van der Waals surface area contributed by atoms with Crippen LogP contribution in [0.15, 0.2) is 77.3 Å². The van der Waals surface area contributed by atoms with E-state index in [-0.39, 0.29) is 41.0 Å². The highest BCUT2D eigenvalue weighted by Gasteiger charge is 2.53. The van der Waals surface area contributed by atoms with Crippen molar-refractivity contribution in [3.63, 3.8) is 0 Å². The zero-order valence-corrected chi connectivity index (χ0v) is 25.9. The van der Waals surface area contributed by atoms with Crippen LogP contribution in [0.4, 0.5) is 5.69 Å². The summed E-state index contributed by atoms with van der Waals surface area (Å²) in [6, 6.07) is 12.1. The van der Waals surface area contributed by atoms with Crippen LogP contribution < -0.4 is 15.4 Å². The van der Waals surface area contributed by atoms with Crippen LogP contribution in [0, 0.1) is 0 Å². The SMILES string of the molecule is O=C(Cc1cccs1)NC1C(=O)N2C(C(=O)O)=C(C=CCOc3ccc(Cl)cc3C(=O)Nc3ccc(Cl)c(Cl)c3)CS[C@@H]12. The van der Waals surface area contributed by atoms with E-state index in [2.05, 4.69) is 10.6 Å². The number of fused-ring (bicyclic) bond motifs is 1. The van der Waals surface area contributed by atoms with Crippen LogP contribution in [0.2, 0.25) is 15.1 Å². The van der Waals surface area contributed by atoms with Crippen molar-refractivity contribution in [2.24, 2.45) is 0 Å². The molecule has 43 heavy (non-hydrogen) atoms. The number of rotatable bonds is 10. The Bertz CT molecular complexity index is 1660. The monoisotopic (exact) mass is 677 g/mol. The van der Waals surface area contributed by atoms with Gasteiger partial charge in [-0.3, -0.25) is 19.3 Å². The van der Waals surface area contributed by atoms with Crippen molar-refractivity contribution in [1.29, 1.82) is 0 Å². The standard InChI is InChI=1S/C29H22Cl3N3O6S2/c30-16-5-8-22(19(11-16)26(37)33-17-6-7-20(31)21(32)12-17)41-9-1-3-15-14-43-28-24(27(38)35(28)25(15)29(39)40)34-23(36)13-18-4-2-10-42-18/h1-8,10-12,24,28H,9,13-14H2,(H,33,37)(H,34,36)(H,39,40)/t24?,28-/m0/s1. The number of nitrogens with one attached hydrogen (secondary N) is 2. The van der Waals surface area contributed by atoms with Crippen molar-refractivity contribution >= 4 is 87.3 Å². The Morgan fingerprint density at radius 2 is 1.91 bits per heavy atom. The van der Waals surface area contributed by atoms with Gasteiger partial charge in [-0.05, 0) is 59.5 Å². The number of allylic oxidation sites excluding steroid dienone is 1. The number of amides is 3. The number of hydrogen-bond acceptors (Lipinski definition) is 7. The molecule has 2 aliphatic heterocycles. The normalized spacial score (nSPS) is 17.8. The molecule has 1 aromatic heterocycles. The van der Waals surface area contributed by atoms with Gasteiger partial charge in [0.25, 0.3) is 11.8 Å². The lowest BCUT2D eigenvalue weighted by Gasteiger charge is -2.49. The number of hydrogen-bond donors (Lipinski definition) is 3. The summed E-state index contributed by atoms with van der Waals surface area (Å²) in [6.07, 6.45) is 3.33. The van der Waals surface area contributed by atoms with Gasteiger partial charge < -0.3 is 20.5 Å². The Morgan fingerprint density at radius 1 is 1.09 bits per heavy atom. The number of ether oxygens (including phenoxy) is 1. The van der Waals surface area contributed by atoms with E-state index in [9.17, 15) is 24.3 Å². The van der Waals surface area contributed by atoms with E-state index >= 15 is 0 Å². The third-order valence-electron chi connectivity index (χ3n) is 6.45. The topological polar surface area (TPSA) is 125 Å². The molecule has 3 amide bonds. The van der Waals surface area contributed by atoms with E-state index in [4.69, 9.17) is 39.5 Å². The fraction of sp³-hybridized carbons (Fsp3) is 0.172. The lowest BCUT2D eigenvalue weighted by molar-refractivity contribution is -0.150. The molecule has 14 heteroatoms. The van der Waals surface area contributed by atoms with Crippen molar-refractivity contribution in [1.82, 2.24) is 10.2 Å². The first kappa shape index (κ1) is 31.0. The Morgan fingerprint density at radius 3 is 2.63 bits per heavy atom. The van der Waals surface area contributed by atoms with Crippen LogP contribution in [-0.2, 0) is 20.8 Å². The molecule has 1 saturated heterocycles. The minimum atomic E-state index is -1.25. The number of nitrogens with zero attached hydrogens (tertiary/aromatic N) is 1. The molecular formula is C29H22Cl3N3O6S2. The van der Waals surface area contributed by atoms with Crippen LogP contribution >= 0.6 is 57.9 Å². The molecule has 3 N–H and O–H groups in total. The third kappa shape index (κ3) is 7.02. The molecule has 0 spiro atoms. The molecule has 2 aromatic carbocycles. The van der Waals surface area contributed by atoms with Crippen LogP contribution in [0.1, 0.15) is 15.2 Å². The second-order valence-electron chi connectivity index (χ2n) is 9.33. The molecule has 0 saturated carbocycles. The average molecular weight is 679 g/mol. The van der Waals surface area contributed by atoms with Crippen molar-refractivity contribution in [2.45, 2.75) is 17.8 Å². The van der Waals surface area contributed by atoms with Gasteiger partial charge in [-0.25, -0.2) is 4.79 Å². The summed E-state index contributed by atoms with van der Waals surface area (Å²) in [5.74, 6) is -1.95. The molecule has 5 rings (SSSR count). The number of carbonyl (C=O) groups is 4. The first-order chi connectivity index (χ1) is 20.6. The second kappa shape index (κ2) is 13.4. The predicted molar refractivity (Wildman–Crippen MR) is 168 cm³/mol. The maximum Gasteiger partial charge on any atom is 0.352 e. The van der Waals surface area contributed by atoms with Gasteiger partial charge in [0.05, 0.1) is 22.0 Å². The molecule has 1 fully saturated rings. The summed E-state index contributed by atoms with van der Waals surface area (Å²) in [4.78, 5) is 52.5. The minimum Gasteiger partial charge on any atom is -0.489 e. The predicted octanol–water partition coefficient (Wildman–Crippen LogP) is 5.88. The van der Waals surface area contributed by atoms with Crippen molar-refractivity contribution in [3.05, 3.63) is 103 Å². The largest absolute Gasteiger partial charge is 0.489 e. The van der Waals surface area contributed by atoms with Crippen molar-refractivity contribution in [2.75, 3.05) is 17.7 Å². The number of thiophene rings is 1. The highest BCUT2D eigenvalue weighted by molar-refractivity contribution is 8.00. The molecule has 0 bridgehead atoms. The lowest BCUT2D eigenvalue weighted by atomic mass is 10.0. The Labute approximate surface area is 269 Å². The van der Waals surface area contributed by atoms with E-state index in [0.29, 0.717) is 27.1 Å². The van der Waals surface area contributed by atoms with Gasteiger partial charge in [0.1, 0.15) is 29.5 Å². The minimum absolute atomic E-state index is 0.00543. The van der Waals surface area contributed by atoms with Gasteiger partial charge in [-0.1, -0.05) is 46.9 Å². The van der Waals surface area contributed by atoms with Gasteiger partial charge in [0.2, 0.25) is 5.91 Å². The molecule has 1 unspecified atom stereocenters. The first-order valence-electron chi connectivity index (χ1n) is 12.7. The number of aliphatic carboxylic acids is 1. The average Bonchev–Trinajstić information content (AvgIpc) is 3.49. The van der Waals surface area contributed by atoms with E-state index < -0.39 is 29.2 Å². The number of carbonyl (C=O) groups excluding carboxylic acids is 3. The summed E-state index contributed by atoms with van der Waals surface area (Å²) in [6.45, 7) is -0.00543. The number of carboxylic acid groups (broad SMARTS) is 1. The summed E-state index contributed by atoms with van der Waals surface area (Å²) >= 11 is 20.9. The van der Waals surface area contributed by atoms with Crippen molar-refractivity contribution < 1.29 is 29.0 Å². The third-order valence-corrected chi connectivity index (χ3v) is 9.60. The molecule has 2 atom stereocenters. The molecule has 9 nitrogen and oxygen atoms in total. The zero-order valence-electron chi connectivity index (χ0n) is 22.0. The van der Waals surface area contributed by atoms with E-state index in [0.717, 1.165) is 4.88 Å². The molecular weight excluding hydrogens is 657 g/mol. The maximum atomic E-state index is 13.0. The van der Waals surface area contributed by atoms with Crippen LogP contribution in [0.25, 0.3) is 0 Å². The maximum absolute atomic E-state index is 13.0. The number of halogens is 3. The Kier molecular flexibility index (Phi) is 9.68.